The minimum Gasteiger partial charge on any atom is -0.459 e. The first-order chi connectivity index (χ1) is 8.00. The maximum absolute atomic E-state index is 11.8. The highest BCUT2D eigenvalue weighted by Crippen LogP contribution is 2.38. The Morgan fingerprint density at radius 2 is 2.29 bits per heavy atom. The van der Waals surface area contributed by atoms with Crippen LogP contribution in [0.5, 0.6) is 0 Å². The van der Waals surface area contributed by atoms with Crippen LogP contribution in [0.25, 0.3) is 0 Å². The lowest BCUT2D eigenvalue weighted by molar-refractivity contribution is -0.151. The number of benzene rings is 1. The van der Waals surface area contributed by atoms with Gasteiger partial charge in [0.1, 0.15) is 12.1 Å². The summed E-state index contributed by atoms with van der Waals surface area (Å²) < 4.78 is 5.23. The molecule has 1 aromatic rings. The Kier molecular flexibility index (Phi) is 3.40. The lowest BCUT2D eigenvalue weighted by atomic mass is 9.98. The van der Waals surface area contributed by atoms with Crippen molar-refractivity contribution >= 4 is 17.6 Å². The SMILES string of the molecule is CC(N)(C(=O)OCc1cccc(Cl)c1)C1CC1. The normalized spacial score (nSPS) is 18.5. The van der Waals surface area contributed by atoms with Gasteiger partial charge in [-0.1, -0.05) is 23.7 Å². The Morgan fingerprint density at radius 1 is 1.59 bits per heavy atom. The van der Waals surface area contributed by atoms with Gasteiger partial charge in [0, 0.05) is 5.02 Å². The third-order valence-electron chi connectivity index (χ3n) is 3.12. The molecule has 1 aromatic carbocycles. The molecule has 0 spiro atoms. The van der Waals surface area contributed by atoms with Crippen molar-refractivity contribution in [1.82, 2.24) is 0 Å². The second kappa shape index (κ2) is 4.67. The van der Waals surface area contributed by atoms with Crippen molar-refractivity contribution in [2.45, 2.75) is 31.9 Å². The van der Waals surface area contributed by atoms with Crippen LogP contribution in [0.3, 0.4) is 0 Å². The molecule has 0 amide bonds. The number of carbonyl (C=O) groups excluding carboxylic acids is 1. The zero-order chi connectivity index (χ0) is 12.5. The molecule has 1 unspecified atom stereocenters. The van der Waals surface area contributed by atoms with E-state index in [9.17, 15) is 4.79 Å². The quantitative estimate of drug-likeness (QED) is 0.839. The van der Waals surface area contributed by atoms with Gasteiger partial charge in [-0.3, -0.25) is 4.79 Å². The van der Waals surface area contributed by atoms with Gasteiger partial charge < -0.3 is 10.5 Å². The fraction of sp³-hybridized carbons (Fsp3) is 0.462. The first kappa shape index (κ1) is 12.4. The minimum atomic E-state index is -0.849. The zero-order valence-corrected chi connectivity index (χ0v) is 10.5. The number of halogens is 1. The number of ether oxygens (including phenoxy) is 1. The first-order valence-corrected chi connectivity index (χ1v) is 6.08. The van der Waals surface area contributed by atoms with Gasteiger partial charge in [0.25, 0.3) is 0 Å². The number of hydrogen-bond acceptors (Lipinski definition) is 3. The summed E-state index contributed by atoms with van der Waals surface area (Å²) in [5, 5.41) is 0.635. The Balaban J connectivity index is 1.92. The summed E-state index contributed by atoms with van der Waals surface area (Å²) in [5.41, 5.74) is 5.98. The van der Waals surface area contributed by atoms with Gasteiger partial charge in [-0.25, -0.2) is 0 Å². The second-order valence-electron chi connectivity index (χ2n) is 4.76. The van der Waals surface area contributed by atoms with Gasteiger partial charge in [-0.15, -0.1) is 0 Å². The highest BCUT2D eigenvalue weighted by Gasteiger charge is 2.45. The molecule has 0 aromatic heterocycles. The molecule has 2 N–H and O–H groups in total. The van der Waals surface area contributed by atoms with E-state index in [0.717, 1.165) is 18.4 Å². The summed E-state index contributed by atoms with van der Waals surface area (Å²) in [6.45, 7) is 1.96. The molecular formula is C13H16ClNO2. The van der Waals surface area contributed by atoms with Crippen molar-refractivity contribution in [2.75, 3.05) is 0 Å². The average molecular weight is 254 g/mol. The number of rotatable bonds is 4. The Labute approximate surface area is 106 Å². The maximum Gasteiger partial charge on any atom is 0.326 e. The smallest absolute Gasteiger partial charge is 0.326 e. The fourth-order valence-electron chi connectivity index (χ4n) is 1.78. The predicted octanol–water partition coefficient (Wildman–Crippen LogP) is 2.51. The second-order valence-corrected chi connectivity index (χ2v) is 5.20. The van der Waals surface area contributed by atoms with E-state index < -0.39 is 5.54 Å². The molecule has 4 heteroatoms. The zero-order valence-electron chi connectivity index (χ0n) is 9.78. The van der Waals surface area contributed by atoms with Crippen LogP contribution < -0.4 is 5.73 Å². The summed E-state index contributed by atoms with van der Waals surface area (Å²) in [6, 6.07) is 7.25. The van der Waals surface area contributed by atoms with Gasteiger partial charge >= 0.3 is 5.97 Å². The molecule has 0 bridgehead atoms. The largest absolute Gasteiger partial charge is 0.459 e. The van der Waals surface area contributed by atoms with Crippen molar-refractivity contribution in [1.29, 1.82) is 0 Å². The van der Waals surface area contributed by atoms with E-state index in [-0.39, 0.29) is 18.5 Å². The summed E-state index contributed by atoms with van der Waals surface area (Å²) in [6.07, 6.45) is 2.03. The van der Waals surface area contributed by atoms with Crippen LogP contribution >= 0.6 is 11.6 Å². The van der Waals surface area contributed by atoms with E-state index in [0.29, 0.717) is 5.02 Å². The van der Waals surface area contributed by atoms with Crippen molar-refractivity contribution < 1.29 is 9.53 Å². The standard InChI is InChI=1S/C13H16ClNO2/c1-13(15,10-5-6-10)12(16)17-8-9-3-2-4-11(14)7-9/h2-4,7,10H,5-6,8,15H2,1H3. The molecule has 17 heavy (non-hydrogen) atoms. The fourth-order valence-corrected chi connectivity index (χ4v) is 1.99. The van der Waals surface area contributed by atoms with E-state index >= 15 is 0 Å². The van der Waals surface area contributed by atoms with Crippen molar-refractivity contribution in [3.8, 4) is 0 Å². The van der Waals surface area contributed by atoms with E-state index in [1.165, 1.54) is 0 Å². The van der Waals surface area contributed by atoms with E-state index in [1.807, 2.05) is 12.1 Å². The molecule has 1 saturated carbocycles. The molecule has 2 rings (SSSR count). The third-order valence-corrected chi connectivity index (χ3v) is 3.36. The van der Waals surface area contributed by atoms with Gasteiger partial charge in [0.2, 0.25) is 0 Å². The molecule has 1 aliphatic carbocycles. The summed E-state index contributed by atoms with van der Waals surface area (Å²) >= 11 is 5.85. The average Bonchev–Trinajstić information content (AvgIpc) is 3.09. The Morgan fingerprint density at radius 3 is 2.88 bits per heavy atom. The van der Waals surface area contributed by atoms with Crippen molar-refractivity contribution in [2.24, 2.45) is 11.7 Å². The van der Waals surface area contributed by atoms with Crippen LogP contribution in [0.15, 0.2) is 24.3 Å². The highest BCUT2D eigenvalue weighted by atomic mass is 35.5. The molecular weight excluding hydrogens is 238 g/mol. The molecule has 1 fully saturated rings. The van der Waals surface area contributed by atoms with Crippen LogP contribution in [0.4, 0.5) is 0 Å². The molecule has 0 heterocycles. The Bertz CT molecular complexity index is 427. The lowest BCUT2D eigenvalue weighted by Gasteiger charge is -2.21. The molecule has 92 valence electrons. The van der Waals surface area contributed by atoms with Crippen LogP contribution in [0, 0.1) is 5.92 Å². The van der Waals surface area contributed by atoms with E-state index in [2.05, 4.69) is 0 Å². The number of nitrogens with two attached hydrogens (primary N) is 1. The first-order valence-electron chi connectivity index (χ1n) is 5.70. The topological polar surface area (TPSA) is 52.3 Å². The van der Waals surface area contributed by atoms with Gasteiger partial charge in [-0.05, 0) is 43.4 Å². The van der Waals surface area contributed by atoms with Crippen LogP contribution in [-0.4, -0.2) is 11.5 Å². The van der Waals surface area contributed by atoms with Gasteiger partial charge in [-0.2, -0.15) is 0 Å². The predicted molar refractivity (Wildman–Crippen MR) is 66.6 cm³/mol. The molecule has 0 saturated heterocycles. The van der Waals surface area contributed by atoms with Crippen molar-refractivity contribution in [3.63, 3.8) is 0 Å². The number of esters is 1. The van der Waals surface area contributed by atoms with Crippen molar-refractivity contribution in [3.05, 3.63) is 34.9 Å². The summed E-state index contributed by atoms with van der Waals surface area (Å²) in [4.78, 5) is 11.8. The molecule has 3 nitrogen and oxygen atoms in total. The third kappa shape index (κ3) is 2.99. The highest BCUT2D eigenvalue weighted by molar-refractivity contribution is 6.30. The van der Waals surface area contributed by atoms with E-state index in [4.69, 9.17) is 22.1 Å². The van der Waals surface area contributed by atoms with E-state index in [1.54, 1.807) is 19.1 Å². The Hall–Kier alpha value is -1.06. The summed E-state index contributed by atoms with van der Waals surface area (Å²) in [7, 11) is 0. The molecule has 0 radical (unpaired) electrons. The maximum atomic E-state index is 11.8. The van der Waals surface area contributed by atoms with Crippen LogP contribution in [0.2, 0.25) is 5.02 Å². The van der Waals surface area contributed by atoms with Gasteiger partial charge in [0.05, 0.1) is 0 Å². The van der Waals surface area contributed by atoms with Crippen LogP contribution in [-0.2, 0) is 16.1 Å². The van der Waals surface area contributed by atoms with Crippen LogP contribution in [0.1, 0.15) is 25.3 Å². The molecule has 1 aliphatic rings. The molecule has 0 aliphatic heterocycles. The number of hydrogen-bond donors (Lipinski definition) is 1. The number of carbonyl (C=O) groups is 1. The minimum absolute atomic E-state index is 0.221. The monoisotopic (exact) mass is 253 g/mol. The molecule has 1 atom stereocenters. The summed E-state index contributed by atoms with van der Waals surface area (Å²) in [5.74, 6) is -0.0608. The lowest BCUT2D eigenvalue weighted by Crippen LogP contribution is -2.48. The van der Waals surface area contributed by atoms with Gasteiger partial charge in [0.15, 0.2) is 0 Å².